The van der Waals surface area contributed by atoms with E-state index in [2.05, 4.69) is 0 Å². The van der Waals surface area contributed by atoms with E-state index in [1.165, 1.54) is 11.8 Å². The first-order valence-electron chi connectivity index (χ1n) is 3.69. The van der Waals surface area contributed by atoms with Gasteiger partial charge in [-0.05, 0) is 25.6 Å². The average Bonchev–Trinajstić information content (AvgIpc) is 1.97. The first-order valence-corrected chi connectivity index (χ1v) is 6.66. The van der Waals surface area contributed by atoms with Gasteiger partial charge in [-0.3, -0.25) is 0 Å². The summed E-state index contributed by atoms with van der Waals surface area (Å²) < 4.78 is 35.9. The molecule has 0 amide bonds. The molecule has 0 saturated heterocycles. The van der Waals surface area contributed by atoms with Gasteiger partial charge in [0.05, 0.1) is 16.7 Å². The fraction of sp³-hybridized carbons (Fsp3) is 0.833. The van der Waals surface area contributed by atoms with Crippen LogP contribution >= 0.6 is 24.0 Å². The monoisotopic (exact) mass is 282 g/mol. The predicted molar refractivity (Wildman–Crippen MR) is 55.9 cm³/mol. The van der Waals surface area contributed by atoms with Crippen molar-refractivity contribution in [1.29, 1.82) is 0 Å². The maximum absolute atomic E-state index is 10.2. The summed E-state index contributed by atoms with van der Waals surface area (Å²) in [5, 5.41) is 0. The fourth-order valence-electron chi connectivity index (χ4n) is 0.551. The fourth-order valence-corrected chi connectivity index (χ4v) is 2.26. The number of rotatable bonds is 5. The van der Waals surface area contributed by atoms with Gasteiger partial charge in [-0.1, -0.05) is 11.8 Å². The van der Waals surface area contributed by atoms with Gasteiger partial charge in [0.2, 0.25) is 4.38 Å². The van der Waals surface area contributed by atoms with E-state index >= 15 is 0 Å². The molecule has 0 rings (SSSR count). The molecule has 0 aliphatic rings. The van der Waals surface area contributed by atoms with Crippen molar-refractivity contribution in [3.8, 4) is 0 Å². The van der Waals surface area contributed by atoms with Gasteiger partial charge in [0.15, 0.2) is 0 Å². The second kappa shape index (κ2) is 9.97. The third kappa shape index (κ3) is 13.8. The summed E-state index contributed by atoms with van der Waals surface area (Å²) in [7, 11) is -4.08. The van der Waals surface area contributed by atoms with Crippen molar-refractivity contribution in [2.24, 2.45) is 0 Å². The predicted octanol–water partition coefficient (Wildman–Crippen LogP) is -2.02. The van der Waals surface area contributed by atoms with E-state index in [4.69, 9.17) is 17.0 Å². The SMILES string of the molecule is CCOC(=S)SCCCS(=O)(=O)[O-].[K+]. The summed E-state index contributed by atoms with van der Waals surface area (Å²) in [5.41, 5.74) is 0. The van der Waals surface area contributed by atoms with Crippen molar-refractivity contribution in [2.45, 2.75) is 13.3 Å². The van der Waals surface area contributed by atoms with Gasteiger partial charge < -0.3 is 9.29 Å². The third-order valence-corrected chi connectivity index (χ3v) is 3.13. The minimum Gasteiger partial charge on any atom is -0.748 e. The van der Waals surface area contributed by atoms with Crippen LogP contribution in [0, 0.1) is 0 Å². The summed E-state index contributed by atoms with van der Waals surface area (Å²) in [4.78, 5) is 0. The molecule has 4 nitrogen and oxygen atoms in total. The number of hydrogen-bond donors (Lipinski definition) is 0. The molecule has 0 N–H and O–H groups in total. The molecule has 0 heterocycles. The Morgan fingerprint density at radius 3 is 2.57 bits per heavy atom. The van der Waals surface area contributed by atoms with Crippen molar-refractivity contribution in [3.05, 3.63) is 0 Å². The van der Waals surface area contributed by atoms with Crippen LogP contribution in [-0.2, 0) is 14.9 Å². The first kappa shape index (κ1) is 18.2. The number of thiocarbonyl (C=S) groups is 1. The van der Waals surface area contributed by atoms with E-state index < -0.39 is 10.1 Å². The van der Waals surface area contributed by atoms with Crippen molar-refractivity contribution in [2.75, 3.05) is 18.1 Å². The quantitative estimate of drug-likeness (QED) is 0.251. The molecule has 14 heavy (non-hydrogen) atoms. The van der Waals surface area contributed by atoms with E-state index in [0.29, 0.717) is 23.2 Å². The van der Waals surface area contributed by atoms with E-state index in [-0.39, 0.29) is 57.1 Å². The molecule has 0 unspecified atom stereocenters. The third-order valence-electron chi connectivity index (χ3n) is 1.02. The van der Waals surface area contributed by atoms with Crippen LogP contribution in [0.5, 0.6) is 0 Å². The molecule has 0 aromatic rings. The summed E-state index contributed by atoms with van der Waals surface area (Å²) in [5.74, 6) is 0.162. The molecule has 0 atom stereocenters. The van der Waals surface area contributed by atoms with Crippen molar-refractivity contribution >= 4 is 38.5 Å². The smallest absolute Gasteiger partial charge is 0.748 e. The second-order valence-electron chi connectivity index (χ2n) is 2.15. The number of thioether (sulfide) groups is 1. The van der Waals surface area contributed by atoms with Gasteiger partial charge >= 0.3 is 51.4 Å². The summed E-state index contributed by atoms with van der Waals surface area (Å²) in [6.45, 7) is 2.32. The molecule has 0 bridgehead atoms. The van der Waals surface area contributed by atoms with Gasteiger partial charge in [-0.2, -0.15) is 0 Å². The van der Waals surface area contributed by atoms with Gasteiger partial charge in [-0.25, -0.2) is 8.42 Å². The minimum absolute atomic E-state index is 0. The minimum atomic E-state index is -4.08. The number of hydrogen-bond acceptors (Lipinski definition) is 6. The zero-order chi connectivity index (χ0) is 10.3. The van der Waals surface area contributed by atoms with Gasteiger partial charge in [-0.15, -0.1) is 0 Å². The molecule has 0 aliphatic heterocycles. The van der Waals surface area contributed by atoms with Crippen molar-refractivity contribution < 1.29 is 69.1 Å². The summed E-state index contributed by atoms with van der Waals surface area (Å²) in [6.07, 6.45) is 0.309. The molecule has 0 aromatic heterocycles. The van der Waals surface area contributed by atoms with E-state index in [1.54, 1.807) is 0 Å². The van der Waals surface area contributed by atoms with Gasteiger partial charge in [0, 0.05) is 11.5 Å². The Balaban J connectivity index is 0. The molecule has 8 heteroatoms. The summed E-state index contributed by atoms with van der Waals surface area (Å²) >= 11 is 6.02. The maximum atomic E-state index is 10.2. The standard InChI is InChI=1S/C6H12O4S3.K/c1-2-10-6(11)12-4-3-5-13(7,8)9;/h2-5H2,1H3,(H,7,8,9);/q;+1/p-1. The Bertz CT molecular complexity index is 252. The van der Waals surface area contributed by atoms with Crippen LogP contribution in [-0.4, -0.2) is 35.5 Å². The second-order valence-corrected chi connectivity index (χ2v) is 5.37. The molecular weight excluding hydrogens is 271 g/mol. The molecule has 0 spiro atoms. The maximum Gasteiger partial charge on any atom is 1.00 e. The van der Waals surface area contributed by atoms with E-state index in [9.17, 15) is 13.0 Å². The first-order chi connectivity index (χ1) is 5.95. The number of ether oxygens (including phenoxy) is 1. The van der Waals surface area contributed by atoms with Crippen LogP contribution in [0.1, 0.15) is 13.3 Å². The molecule has 0 aromatic carbocycles. The zero-order valence-electron chi connectivity index (χ0n) is 8.19. The van der Waals surface area contributed by atoms with Crippen LogP contribution in [0.15, 0.2) is 0 Å². The Morgan fingerprint density at radius 2 is 2.14 bits per heavy atom. The molecular formula is C6H11KO4S3. The molecule has 0 radical (unpaired) electrons. The normalized spacial score (nSPS) is 10.4. The van der Waals surface area contributed by atoms with Crippen molar-refractivity contribution in [3.63, 3.8) is 0 Å². The Hall–Kier alpha value is 1.79. The zero-order valence-corrected chi connectivity index (χ0v) is 13.8. The summed E-state index contributed by atoms with van der Waals surface area (Å²) in [6, 6.07) is 0. The Kier molecular flexibility index (Phi) is 12.9. The molecule has 0 saturated carbocycles. The van der Waals surface area contributed by atoms with E-state index in [1.807, 2.05) is 6.92 Å². The molecule has 78 valence electrons. The largest absolute Gasteiger partial charge is 1.00 e. The Morgan fingerprint density at radius 1 is 1.57 bits per heavy atom. The average molecular weight is 282 g/mol. The van der Waals surface area contributed by atoms with Crippen LogP contribution in [0.25, 0.3) is 0 Å². The van der Waals surface area contributed by atoms with Crippen LogP contribution in [0.2, 0.25) is 0 Å². The molecule has 0 aliphatic carbocycles. The van der Waals surface area contributed by atoms with Gasteiger partial charge in [0.1, 0.15) is 0 Å². The van der Waals surface area contributed by atoms with Crippen LogP contribution in [0.3, 0.4) is 0 Å². The van der Waals surface area contributed by atoms with Crippen molar-refractivity contribution in [1.82, 2.24) is 0 Å². The molecule has 0 fully saturated rings. The van der Waals surface area contributed by atoms with E-state index in [0.717, 1.165) is 0 Å². The van der Waals surface area contributed by atoms with Gasteiger partial charge in [0.25, 0.3) is 0 Å². The topological polar surface area (TPSA) is 66.4 Å². The Labute approximate surface area is 137 Å². The van der Waals surface area contributed by atoms with Crippen LogP contribution in [0.4, 0.5) is 0 Å². The van der Waals surface area contributed by atoms with Crippen LogP contribution < -0.4 is 51.4 Å².